The van der Waals surface area contributed by atoms with Crippen LogP contribution in [0.3, 0.4) is 0 Å². The van der Waals surface area contributed by atoms with Crippen LogP contribution in [0.25, 0.3) is 0 Å². The number of hydrogen-bond acceptors (Lipinski definition) is 1. The molecule has 0 nitrogen and oxygen atoms in total. The number of thioether (sulfide) groups is 1. The van der Waals surface area contributed by atoms with Crippen LogP contribution in [-0.4, -0.2) is 11.5 Å². The Labute approximate surface area is 81.8 Å². The SMILES string of the molecule is CCCSCCCC(C)=C(C)C. The van der Waals surface area contributed by atoms with E-state index in [0.717, 1.165) is 0 Å². The fourth-order valence-electron chi connectivity index (χ4n) is 0.936. The average Bonchev–Trinajstić information content (AvgIpc) is 2.03. The van der Waals surface area contributed by atoms with Gasteiger partial charge in [0, 0.05) is 0 Å². The molecule has 0 spiro atoms. The van der Waals surface area contributed by atoms with E-state index in [1.54, 1.807) is 5.57 Å². The molecule has 0 unspecified atom stereocenters. The van der Waals surface area contributed by atoms with Crippen LogP contribution < -0.4 is 0 Å². The van der Waals surface area contributed by atoms with E-state index in [-0.39, 0.29) is 0 Å². The molecule has 0 saturated heterocycles. The molecule has 0 rings (SSSR count). The zero-order valence-corrected chi connectivity index (χ0v) is 9.76. The van der Waals surface area contributed by atoms with Crippen molar-refractivity contribution < 1.29 is 0 Å². The molecule has 1 heteroatoms. The van der Waals surface area contributed by atoms with Gasteiger partial charge in [-0.2, -0.15) is 11.8 Å². The number of rotatable bonds is 6. The smallest absolute Gasteiger partial charge is 0.00645 e. The van der Waals surface area contributed by atoms with E-state index in [1.165, 1.54) is 36.3 Å². The molecule has 0 aliphatic heterocycles. The third-order valence-electron chi connectivity index (χ3n) is 2.04. The molecule has 0 aromatic carbocycles. The maximum Gasteiger partial charge on any atom is -0.00645 e. The van der Waals surface area contributed by atoms with E-state index in [0.29, 0.717) is 0 Å². The van der Waals surface area contributed by atoms with Gasteiger partial charge in [-0.05, 0) is 51.5 Å². The van der Waals surface area contributed by atoms with E-state index in [9.17, 15) is 0 Å². The lowest BCUT2D eigenvalue weighted by Gasteiger charge is -2.03. The van der Waals surface area contributed by atoms with Crippen LogP contribution in [-0.2, 0) is 0 Å². The van der Waals surface area contributed by atoms with Crippen LogP contribution in [0.4, 0.5) is 0 Å². The Bertz CT molecular complexity index is 132. The first-order valence-electron chi connectivity index (χ1n) is 4.89. The van der Waals surface area contributed by atoms with Crippen molar-refractivity contribution in [3.05, 3.63) is 11.1 Å². The summed E-state index contributed by atoms with van der Waals surface area (Å²) < 4.78 is 0. The van der Waals surface area contributed by atoms with Crippen molar-refractivity contribution in [3.63, 3.8) is 0 Å². The minimum atomic E-state index is 1.29. The fraction of sp³-hybridized carbons (Fsp3) is 0.818. The summed E-state index contributed by atoms with van der Waals surface area (Å²) in [6.45, 7) is 8.90. The maximum atomic E-state index is 2.25. The van der Waals surface area contributed by atoms with Crippen LogP contribution in [0.1, 0.15) is 47.0 Å². The minimum Gasteiger partial charge on any atom is -0.162 e. The highest BCUT2D eigenvalue weighted by Crippen LogP contribution is 2.13. The molecular weight excluding hydrogens is 164 g/mol. The van der Waals surface area contributed by atoms with Gasteiger partial charge in [0.05, 0.1) is 0 Å². The quantitative estimate of drug-likeness (QED) is 0.441. The minimum absolute atomic E-state index is 1.29. The molecule has 0 aromatic heterocycles. The lowest BCUT2D eigenvalue weighted by atomic mass is 10.1. The van der Waals surface area contributed by atoms with Gasteiger partial charge in [-0.3, -0.25) is 0 Å². The fourth-order valence-corrected chi connectivity index (χ4v) is 1.78. The second kappa shape index (κ2) is 7.72. The molecule has 0 aliphatic carbocycles. The van der Waals surface area contributed by atoms with Crippen molar-refractivity contribution in [2.75, 3.05) is 11.5 Å². The lowest BCUT2D eigenvalue weighted by molar-refractivity contribution is 0.898. The monoisotopic (exact) mass is 186 g/mol. The summed E-state index contributed by atoms with van der Waals surface area (Å²) in [4.78, 5) is 0. The van der Waals surface area contributed by atoms with Gasteiger partial charge < -0.3 is 0 Å². The lowest BCUT2D eigenvalue weighted by Crippen LogP contribution is -1.86. The van der Waals surface area contributed by atoms with Gasteiger partial charge in [0.2, 0.25) is 0 Å². The number of allylic oxidation sites excluding steroid dienone is 2. The Balaban J connectivity index is 3.26. The highest BCUT2D eigenvalue weighted by molar-refractivity contribution is 7.99. The van der Waals surface area contributed by atoms with Crippen LogP contribution in [0.15, 0.2) is 11.1 Å². The van der Waals surface area contributed by atoms with E-state index >= 15 is 0 Å². The van der Waals surface area contributed by atoms with Crippen LogP contribution >= 0.6 is 11.8 Å². The predicted molar refractivity (Wildman–Crippen MR) is 60.9 cm³/mol. The summed E-state index contributed by atoms with van der Waals surface area (Å²) in [7, 11) is 0. The van der Waals surface area contributed by atoms with E-state index in [1.807, 2.05) is 0 Å². The molecule has 12 heavy (non-hydrogen) atoms. The van der Waals surface area contributed by atoms with Crippen LogP contribution in [0.5, 0.6) is 0 Å². The van der Waals surface area contributed by atoms with Gasteiger partial charge in [-0.1, -0.05) is 18.1 Å². The Morgan fingerprint density at radius 1 is 1.08 bits per heavy atom. The van der Waals surface area contributed by atoms with Gasteiger partial charge in [0.25, 0.3) is 0 Å². The highest BCUT2D eigenvalue weighted by atomic mass is 32.2. The molecule has 0 amide bonds. The normalized spacial score (nSPS) is 10.0. The van der Waals surface area contributed by atoms with E-state index in [2.05, 4.69) is 39.5 Å². The largest absolute Gasteiger partial charge is 0.162 e. The van der Waals surface area contributed by atoms with E-state index in [4.69, 9.17) is 0 Å². The van der Waals surface area contributed by atoms with Gasteiger partial charge in [0.15, 0.2) is 0 Å². The molecular formula is C11H22S. The Kier molecular flexibility index (Phi) is 7.78. The molecule has 0 fully saturated rings. The second-order valence-corrected chi connectivity index (χ2v) is 4.72. The highest BCUT2D eigenvalue weighted by Gasteiger charge is 1.93. The summed E-state index contributed by atoms with van der Waals surface area (Å²) in [6.07, 6.45) is 3.95. The van der Waals surface area contributed by atoms with Gasteiger partial charge in [-0.25, -0.2) is 0 Å². The second-order valence-electron chi connectivity index (χ2n) is 3.50. The Hall–Kier alpha value is 0.0900. The molecule has 0 radical (unpaired) electrons. The number of hydrogen-bond donors (Lipinski definition) is 0. The summed E-state index contributed by atoms with van der Waals surface area (Å²) in [5.41, 5.74) is 3.07. The molecule has 0 bridgehead atoms. The molecule has 0 saturated carbocycles. The average molecular weight is 186 g/mol. The van der Waals surface area contributed by atoms with Crippen LogP contribution in [0.2, 0.25) is 0 Å². The zero-order valence-electron chi connectivity index (χ0n) is 8.94. The summed E-state index contributed by atoms with van der Waals surface area (Å²) in [5.74, 6) is 2.66. The topological polar surface area (TPSA) is 0 Å². The first-order chi connectivity index (χ1) is 5.68. The Morgan fingerprint density at radius 3 is 2.25 bits per heavy atom. The third kappa shape index (κ3) is 6.78. The van der Waals surface area contributed by atoms with Crippen molar-refractivity contribution in [2.45, 2.75) is 47.0 Å². The molecule has 0 aromatic rings. The third-order valence-corrected chi connectivity index (χ3v) is 3.32. The summed E-state index contributed by atoms with van der Waals surface area (Å²) in [5, 5.41) is 0. The summed E-state index contributed by atoms with van der Waals surface area (Å²) >= 11 is 2.08. The van der Waals surface area contributed by atoms with Gasteiger partial charge in [-0.15, -0.1) is 0 Å². The molecule has 72 valence electrons. The molecule has 0 N–H and O–H groups in total. The van der Waals surface area contributed by atoms with Crippen molar-refractivity contribution >= 4 is 11.8 Å². The predicted octanol–water partition coefficient (Wildman–Crippen LogP) is 4.27. The van der Waals surface area contributed by atoms with Crippen molar-refractivity contribution in [2.24, 2.45) is 0 Å². The first-order valence-corrected chi connectivity index (χ1v) is 6.04. The maximum absolute atomic E-state index is 2.25. The van der Waals surface area contributed by atoms with Crippen molar-refractivity contribution in [3.8, 4) is 0 Å². The standard InChI is InChI=1S/C11H22S/c1-5-8-12-9-6-7-11(4)10(2)3/h5-9H2,1-4H3. The molecule has 0 heterocycles. The van der Waals surface area contributed by atoms with Crippen molar-refractivity contribution in [1.82, 2.24) is 0 Å². The first kappa shape index (κ1) is 12.1. The summed E-state index contributed by atoms with van der Waals surface area (Å²) in [6, 6.07) is 0. The van der Waals surface area contributed by atoms with E-state index < -0.39 is 0 Å². The van der Waals surface area contributed by atoms with Crippen LogP contribution in [0, 0.1) is 0 Å². The van der Waals surface area contributed by atoms with Gasteiger partial charge >= 0.3 is 0 Å². The Morgan fingerprint density at radius 2 is 1.75 bits per heavy atom. The molecule has 0 aliphatic rings. The van der Waals surface area contributed by atoms with Crippen molar-refractivity contribution in [1.29, 1.82) is 0 Å². The zero-order chi connectivity index (χ0) is 9.40. The van der Waals surface area contributed by atoms with Gasteiger partial charge in [0.1, 0.15) is 0 Å². The molecule has 0 atom stereocenters.